The van der Waals surface area contributed by atoms with Crippen LogP contribution in [-0.2, 0) is 11.3 Å². The zero-order valence-electron chi connectivity index (χ0n) is 15.8. The summed E-state index contributed by atoms with van der Waals surface area (Å²) in [6.45, 7) is 11.4. The molecule has 1 amide bonds. The van der Waals surface area contributed by atoms with Crippen LogP contribution >= 0.6 is 0 Å². The van der Waals surface area contributed by atoms with Gasteiger partial charge in [0.15, 0.2) is 6.54 Å². The number of hydrogen-bond donors (Lipinski definition) is 2. The summed E-state index contributed by atoms with van der Waals surface area (Å²) in [6, 6.07) is 14.0. The molecule has 0 saturated heterocycles. The van der Waals surface area contributed by atoms with E-state index < -0.39 is 0 Å². The van der Waals surface area contributed by atoms with Gasteiger partial charge in [0.05, 0.1) is 13.1 Å². The minimum atomic E-state index is 0.0662. The molecule has 0 aliphatic rings. The lowest BCUT2D eigenvalue weighted by atomic mass is 10.1. The summed E-state index contributed by atoms with van der Waals surface area (Å²) >= 11 is 0. The van der Waals surface area contributed by atoms with Gasteiger partial charge in [-0.05, 0) is 51.0 Å². The van der Waals surface area contributed by atoms with Gasteiger partial charge in [0.25, 0.3) is 5.91 Å². The van der Waals surface area contributed by atoms with Crippen molar-refractivity contribution >= 4 is 17.3 Å². The predicted molar refractivity (Wildman–Crippen MR) is 105 cm³/mol. The maximum Gasteiger partial charge on any atom is 0.279 e. The second-order valence-electron chi connectivity index (χ2n) is 6.85. The second-order valence-corrected chi connectivity index (χ2v) is 6.85. The largest absolute Gasteiger partial charge is 0.399 e. The van der Waals surface area contributed by atoms with Gasteiger partial charge in [0, 0.05) is 16.9 Å². The van der Waals surface area contributed by atoms with Crippen molar-refractivity contribution in [3.05, 3.63) is 59.2 Å². The molecule has 0 aromatic heterocycles. The fraction of sp³-hybridized carbons (Fsp3) is 0.381. The summed E-state index contributed by atoms with van der Waals surface area (Å²) in [6.07, 6.45) is 0. The molecule has 0 bridgehead atoms. The molecule has 2 rings (SSSR count). The van der Waals surface area contributed by atoms with Crippen LogP contribution < -0.4 is 11.1 Å². The van der Waals surface area contributed by atoms with Crippen molar-refractivity contribution in [2.24, 2.45) is 0 Å². The van der Waals surface area contributed by atoms with Gasteiger partial charge in [-0.1, -0.05) is 30.3 Å². The van der Waals surface area contributed by atoms with E-state index in [1.165, 1.54) is 5.56 Å². The normalized spacial score (nSPS) is 11.4. The zero-order valence-corrected chi connectivity index (χ0v) is 15.8. The summed E-state index contributed by atoms with van der Waals surface area (Å²) in [7, 11) is 0. The molecule has 3 N–H and O–H groups in total. The monoisotopic (exact) mass is 340 g/mol. The Morgan fingerprint density at radius 3 is 2.08 bits per heavy atom. The summed E-state index contributed by atoms with van der Waals surface area (Å²) in [5.74, 6) is 0.0662. The number of nitrogens with one attached hydrogen (secondary N) is 1. The van der Waals surface area contributed by atoms with Gasteiger partial charge in [0.2, 0.25) is 0 Å². The third-order valence-corrected chi connectivity index (χ3v) is 5.06. The van der Waals surface area contributed by atoms with Gasteiger partial charge >= 0.3 is 0 Å². The van der Waals surface area contributed by atoms with E-state index in [1.54, 1.807) is 0 Å². The van der Waals surface area contributed by atoms with E-state index in [0.29, 0.717) is 6.54 Å². The van der Waals surface area contributed by atoms with Gasteiger partial charge in [-0.3, -0.25) is 4.79 Å². The number of carbonyl (C=O) groups excluding carboxylic acids is 1. The topological polar surface area (TPSA) is 55.1 Å². The highest BCUT2D eigenvalue weighted by Crippen LogP contribution is 2.21. The van der Waals surface area contributed by atoms with E-state index in [0.717, 1.165) is 46.6 Å². The molecule has 4 heteroatoms. The number of nitrogen functional groups attached to an aromatic ring is 1. The van der Waals surface area contributed by atoms with Crippen molar-refractivity contribution in [2.45, 2.75) is 34.2 Å². The molecule has 0 saturated carbocycles. The first kappa shape index (κ1) is 19.0. The van der Waals surface area contributed by atoms with Crippen molar-refractivity contribution in [3.8, 4) is 0 Å². The first-order valence-electron chi connectivity index (χ1n) is 8.94. The molecule has 0 unspecified atom stereocenters. The average molecular weight is 340 g/mol. The lowest BCUT2D eigenvalue weighted by Crippen LogP contribution is -2.51. The van der Waals surface area contributed by atoms with E-state index in [4.69, 9.17) is 5.73 Å². The zero-order chi connectivity index (χ0) is 18.4. The highest BCUT2D eigenvalue weighted by Gasteiger charge is 2.27. The fourth-order valence-corrected chi connectivity index (χ4v) is 3.23. The molecule has 134 valence electrons. The highest BCUT2D eigenvalue weighted by molar-refractivity contribution is 5.93. The van der Waals surface area contributed by atoms with Gasteiger partial charge in [0.1, 0.15) is 6.54 Å². The third kappa shape index (κ3) is 4.83. The van der Waals surface area contributed by atoms with Crippen LogP contribution in [0.15, 0.2) is 42.5 Å². The minimum absolute atomic E-state index is 0.0662. The average Bonchev–Trinajstić information content (AvgIpc) is 2.59. The Morgan fingerprint density at radius 1 is 1.00 bits per heavy atom. The summed E-state index contributed by atoms with van der Waals surface area (Å²) in [5, 5.41) is 3.12. The molecule has 0 heterocycles. The standard InChI is InChI=1S/C21H29N3O/c1-5-24(6-2,14-18-10-12-19(22)13-11-18)15-20(25)23-21-16(3)8-7-9-17(21)4/h7-13H,5-6,14-15,22H2,1-4H3/p+1. The first-order chi connectivity index (χ1) is 11.9. The number of nitrogens with zero attached hydrogens (tertiary/aromatic N) is 1. The molecule has 2 aromatic carbocycles. The maximum absolute atomic E-state index is 12.7. The van der Waals surface area contributed by atoms with Crippen LogP contribution in [0.2, 0.25) is 0 Å². The van der Waals surface area contributed by atoms with Crippen molar-refractivity contribution in [3.63, 3.8) is 0 Å². The number of aryl methyl sites for hydroxylation is 2. The van der Waals surface area contributed by atoms with E-state index in [-0.39, 0.29) is 5.91 Å². The van der Waals surface area contributed by atoms with Crippen LogP contribution in [-0.4, -0.2) is 30.0 Å². The predicted octanol–water partition coefficient (Wildman–Crippen LogP) is 3.88. The molecule has 0 fully saturated rings. The Hall–Kier alpha value is -2.33. The Morgan fingerprint density at radius 2 is 1.56 bits per heavy atom. The fourth-order valence-electron chi connectivity index (χ4n) is 3.23. The van der Waals surface area contributed by atoms with Crippen molar-refractivity contribution in [1.29, 1.82) is 0 Å². The van der Waals surface area contributed by atoms with Crippen molar-refractivity contribution in [2.75, 3.05) is 30.7 Å². The number of para-hydroxylation sites is 1. The first-order valence-corrected chi connectivity index (χ1v) is 8.94. The molecular weight excluding hydrogens is 310 g/mol. The van der Waals surface area contributed by atoms with Gasteiger partial charge < -0.3 is 15.5 Å². The lowest BCUT2D eigenvalue weighted by Gasteiger charge is -2.36. The lowest BCUT2D eigenvalue weighted by molar-refractivity contribution is -0.930. The molecule has 25 heavy (non-hydrogen) atoms. The Balaban J connectivity index is 2.14. The maximum atomic E-state index is 12.7. The number of anilines is 2. The molecule has 0 aliphatic heterocycles. The Bertz CT molecular complexity index is 698. The molecule has 4 nitrogen and oxygen atoms in total. The van der Waals surface area contributed by atoms with Crippen LogP contribution in [0, 0.1) is 13.8 Å². The molecule has 0 spiro atoms. The number of rotatable bonds is 7. The molecule has 0 atom stereocenters. The van der Waals surface area contributed by atoms with Crippen LogP contribution in [0.3, 0.4) is 0 Å². The number of carbonyl (C=O) groups is 1. The van der Waals surface area contributed by atoms with Crippen LogP contribution in [0.1, 0.15) is 30.5 Å². The van der Waals surface area contributed by atoms with E-state index in [2.05, 4.69) is 31.3 Å². The molecular formula is C21H30N3O+. The highest BCUT2D eigenvalue weighted by atomic mass is 16.2. The number of likely N-dealkylation sites (N-methyl/N-ethyl adjacent to an activating group) is 1. The minimum Gasteiger partial charge on any atom is -0.399 e. The van der Waals surface area contributed by atoms with Crippen molar-refractivity contribution < 1.29 is 9.28 Å². The molecule has 2 aromatic rings. The number of hydrogen-bond acceptors (Lipinski definition) is 2. The SMILES string of the molecule is CC[N+](CC)(CC(=O)Nc1c(C)cccc1C)Cc1ccc(N)cc1. The summed E-state index contributed by atoms with van der Waals surface area (Å²) in [5.41, 5.74) is 10.9. The second kappa shape index (κ2) is 8.17. The van der Waals surface area contributed by atoms with E-state index in [1.807, 2.05) is 44.2 Å². The molecule has 0 radical (unpaired) electrons. The Kier molecular flexibility index (Phi) is 6.21. The third-order valence-electron chi connectivity index (χ3n) is 5.06. The Labute approximate surface area is 151 Å². The number of amides is 1. The summed E-state index contributed by atoms with van der Waals surface area (Å²) in [4.78, 5) is 12.7. The number of nitrogens with two attached hydrogens (primary N) is 1. The van der Waals surface area contributed by atoms with Gasteiger partial charge in [-0.25, -0.2) is 0 Å². The summed E-state index contributed by atoms with van der Waals surface area (Å²) < 4.78 is 0.723. The quantitative estimate of drug-likeness (QED) is 0.593. The number of quaternary nitrogens is 1. The van der Waals surface area contributed by atoms with Gasteiger partial charge in [-0.2, -0.15) is 0 Å². The van der Waals surface area contributed by atoms with Gasteiger partial charge in [-0.15, -0.1) is 0 Å². The van der Waals surface area contributed by atoms with Crippen LogP contribution in [0.25, 0.3) is 0 Å². The smallest absolute Gasteiger partial charge is 0.279 e. The van der Waals surface area contributed by atoms with Crippen LogP contribution in [0.5, 0.6) is 0 Å². The molecule has 0 aliphatic carbocycles. The number of benzene rings is 2. The van der Waals surface area contributed by atoms with E-state index >= 15 is 0 Å². The van der Waals surface area contributed by atoms with E-state index in [9.17, 15) is 4.79 Å². The van der Waals surface area contributed by atoms with Crippen LogP contribution in [0.4, 0.5) is 11.4 Å². The van der Waals surface area contributed by atoms with Crippen molar-refractivity contribution in [1.82, 2.24) is 0 Å².